The third kappa shape index (κ3) is 4.98. The fourth-order valence-electron chi connectivity index (χ4n) is 2.19. The van der Waals surface area contributed by atoms with Crippen molar-refractivity contribution in [2.75, 3.05) is 6.54 Å². The van der Waals surface area contributed by atoms with Crippen LogP contribution in [0.25, 0.3) is 0 Å². The summed E-state index contributed by atoms with van der Waals surface area (Å²) in [6.45, 7) is -3.14. The number of aliphatic carboxylic acids is 1. The second-order valence-corrected chi connectivity index (χ2v) is 5.17. The second-order valence-electron chi connectivity index (χ2n) is 5.17. The van der Waals surface area contributed by atoms with Gasteiger partial charge in [0.2, 0.25) is 5.91 Å². The average Bonchev–Trinajstić information content (AvgIpc) is 3.27. The Hall–Kier alpha value is -2.18. The van der Waals surface area contributed by atoms with Gasteiger partial charge in [-0.1, -0.05) is 12.1 Å². The lowest BCUT2D eigenvalue weighted by Gasteiger charge is -2.20. The van der Waals surface area contributed by atoms with Crippen molar-refractivity contribution in [3.63, 3.8) is 0 Å². The number of halogens is 2. The SMILES string of the molecule is O=C(O)CN(C(=O)CCc1ccc(OC(F)F)cc1)C1CC1. The zero-order valence-corrected chi connectivity index (χ0v) is 11.9. The molecule has 1 aromatic carbocycles. The molecule has 0 unspecified atom stereocenters. The van der Waals surface area contributed by atoms with Gasteiger partial charge in [0.25, 0.3) is 0 Å². The van der Waals surface area contributed by atoms with Crippen LogP contribution in [0, 0.1) is 0 Å². The summed E-state index contributed by atoms with van der Waals surface area (Å²) >= 11 is 0. The van der Waals surface area contributed by atoms with E-state index < -0.39 is 12.6 Å². The Bertz CT molecular complexity index is 529. The zero-order chi connectivity index (χ0) is 16.1. The number of amides is 1. The van der Waals surface area contributed by atoms with Crippen LogP contribution in [0.1, 0.15) is 24.8 Å². The Kier molecular flexibility index (Phi) is 5.30. The first-order chi connectivity index (χ1) is 10.5. The summed E-state index contributed by atoms with van der Waals surface area (Å²) in [4.78, 5) is 24.3. The van der Waals surface area contributed by atoms with Gasteiger partial charge in [0.1, 0.15) is 12.3 Å². The maximum atomic E-state index is 12.1. The number of carbonyl (C=O) groups excluding carboxylic acids is 1. The predicted molar refractivity (Wildman–Crippen MR) is 73.8 cm³/mol. The van der Waals surface area contributed by atoms with Crippen LogP contribution in [0.4, 0.5) is 8.78 Å². The largest absolute Gasteiger partial charge is 0.480 e. The molecule has 0 bridgehead atoms. The molecule has 0 aliphatic heterocycles. The van der Waals surface area contributed by atoms with Gasteiger partial charge in [-0.05, 0) is 37.0 Å². The Morgan fingerprint density at radius 2 is 1.91 bits per heavy atom. The number of carboxylic acids is 1. The van der Waals surface area contributed by atoms with Crippen molar-refractivity contribution in [1.29, 1.82) is 0 Å². The second kappa shape index (κ2) is 7.20. The van der Waals surface area contributed by atoms with Crippen molar-refractivity contribution < 1.29 is 28.2 Å². The van der Waals surface area contributed by atoms with Gasteiger partial charge in [-0.15, -0.1) is 0 Å². The molecule has 1 N–H and O–H groups in total. The lowest BCUT2D eigenvalue weighted by molar-refractivity contribution is -0.144. The summed E-state index contributed by atoms with van der Waals surface area (Å²) in [5.74, 6) is -1.15. The highest BCUT2D eigenvalue weighted by atomic mass is 19.3. The molecule has 0 saturated heterocycles. The van der Waals surface area contributed by atoms with Crippen molar-refractivity contribution >= 4 is 11.9 Å². The molecule has 0 radical (unpaired) electrons. The number of benzene rings is 1. The molecule has 1 saturated carbocycles. The van der Waals surface area contributed by atoms with Crippen LogP contribution < -0.4 is 4.74 Å². The highest BCUT2D eigenvalue weighted by molar-refractivity contribution is 5.82. The first-order valence-electron chi connectivity index (χ1n) is 7.00. The van der Waals surface area contributed by atoms with Crippen LogP contribution >= 0.6 is 0 Å². The van der Waals surface area contributed by atoms with Gasteiger partial charge in [0, 0.05) is 12.5 Å². The van der Waals surface area contributed by atoms with Gasteiger partial charge in [0.15, 0.2) is 0 Å². The fraction of sp³-hybridized carbons (Fsp3) is 0.467. The van der Waals surface area contributed by atoms with Crippen LogP contribution in [-0.2, 0) is 16.0 Å². The third-order valence-corrected chi connectivity index (χ3v) is 3.39. The number of alkyl halides is 2. The molecule has 2 rings (SSSR count). The summed E-state index contributed by atoms with van der Waals surface area (Å²) in [7, 11) is 0. The normalized spacial score (nSPS) is 14.0. The summed E-state index contributed by atoms with van der Waals surface area (Å²) in [6, 6.07) is 6.11. The van der Waals surface area contributed by atoms with E-state index in [1.54, 1.807) is 12.1 Å². The van der Waals surface area contributed by atoms with Crippen LogP contribution in [0.2, 0.25) is 0 Å². The Labute approximate surface area is 126 Å². The lowest BCUT2D eigenvalue weighted by atomic mass is 10.1. The molecule has 120 valence electrons. The monoisotopic (exact) mass is 313 g/mol. The first kappa shape index (κ1) is 16.2. The van der Waals surface area contributed by atoms with E-state index in [-0.39, 0.29) is 30.7 Å². The van der Waals surface area contributed by atoms with Gasteiger partial charge in [0.05, 0.1) is 0 Å². The van der Waals surface area contributed by atoms with E-state index in [2.05, 4.69) is 4.74 Å². The Morgan fingerprint density at radius 3 is 2.41 bits per heavy atom. The molecule has 0 aromatic heterocycles. The third-order valence-electron chi connectivity index (χ3n) is 3.39. The quantitative estimate of drug-likeness (QED) is 0.799. The maximum absolute atomic E-state index is 12.1. The number of aryl methyl sites for hydroxylation is 1. The molecule has 0 spiro atoms. The van der Waals surface area contributed by atoms with Crippen molar-refractivity contribution in [1.82, 2.24) is 4.90 Å². The zero-order valence-electron chi connectivity index (χ0n) is 11.9. The Balaban J connectivity index is 1.85. The van der Waals surface area contributed by atoms with E-state index in [4.69, 9.17) is 5.11 Å². The number of hydrogen-bond acceptors (Lipinski definition) is 3. The number of rotatable bonds is 8. The van der Waals surface area contributed by atoms with E-state index in [1.165, 1.54) is 17.0 Å². The van der Waals surface area contributed by atoms with E-state index in [0.717, 1.165) is 18.4 Å². The van der Waals surface area contributed by atoms with Crippen molar-refractivity contribution in [2.45, 2.75) is 38.3 Å². The lowest BCUT2D eigenvalue weighted by Crippen LogP contribution is -2.37. The molecule has 0 heterocycles. The minimum Gasteiger partial charge on any atom is -0.480 e. The number of hydrogen-bond donors (Lipinski definition) is 1. The molecule has 5 nitrogen and oxygen atoms in total. The molecule has 1 aromatic rings. The maximum Gasteiger partial charge on any atom is 0.387 e. The van der Waals surface area contributed by atoms with E-state index in [9.17, 15) is 18.4 Å². The van der Waals surface area contributed by atoms with E-state index >= 15 is 0 Å². The molecule has 1 aliphatic carbocycles. The average molecular weight is 313 g/mol. The summed E-state index contributed by atoms with van der Waals surface area (Å²) in [5, 5.41) is 8.83. The predicted octanol–water partition coefficient (Wildman–Crippen LogP) is 2.30. The molecule has 1 fully saturated rings. The molecular formula is C15H17F2NO4. The van der Waals surface area contributed by atoms with Crippen molar-refractivity contribution in [2.24, 2.45) is 0 Å². The van der Waals surface area contributed by atoms with Crippen LogP contribution in [-0.4, -0.2) is 41.1 Å². The minimum absolute atomic E-state index is 0.0467. The number of carbonyl (C=O) groups is 2. The Morgan fingerprint density at radius 1 is 1.27 bits per heavy atom. The number of ether oxygens (including phenoxy) is 1. The molecular weight excluding hydrogens is 296 g/mol. The summed E-state index contributed by atoms with van der Waals surface area (Å²) in [6.07, 6.45) is 2.31. The highest BCUT2D eigenvalue weighted by Crippen LogP contribution is 2.27. The van der Waals surface area contributed by atoms with Gasteiger partial charge in [-0.25, -0.2) is 0 Å². The summed E-state index contributed by atoms with van der Waals surface area (Å²) < 4.78 is 28.3. The van der Waals surface area contributed by atoms with Crippen LogP contribution in [0.15, 0.2) is 24.3 Å². The van der Waals surface area contributed by atoms with Gasteiger partial charge in [-0.3, -0.25) is 9.59 Å². The number of carboxylic acid groups (broad SMARTS) is 1. The number of nitrogens with zero attached hydrogens (tertiary/aromatic N) is 1. The van der Waals surface area contributed by atoms with Crippen molar-refractivity contribution in [3.05, 3.63) is 29.8 Å². The fourth-order valence-corrected chi connectivity index (χ4v) is 2.19. The topological polar surface area (TPSA) is 66.8 Å². The standard InChI is InChI=1S/C15H17F2NO4/c16-15(17)22-12-6-1-10(2-7-12)3-8-13(19)18(9-14(20)21)11-4-5-11/h1-2,6-7,11,15H,3-5,8-9H2,(H,20,21). The van der Waals surface area contributed by atoms with E-state index in [1.807, 2.05) is 0 Å². The van der Waals surface area contributed by atoms with Crippen LogP contribution in [0.3, 0.4) is 0 Å². The van der Waals surface area contributed by atoms with Gasteiger partial charge in [-0.2, -0.15) is 8.78 Å². The molecule has 1 amide bonds. The highest BCUT2D eigenvalue weighted by Gasteiger charge is 2.33. The van der Waals surface area contributed by atoms with Gasteiger partial charge >= 0.3 is 12.6 Å². The molecule has 0 atom stereocenters. The van der Waals surface area contributed by atoms with Crippen LogP contribution in [0.5, 0.6) is 5.75 Å². The molecule has 1 aliphatic rings. The molecule has 22 heavy (non-hydrogen) atoms. The smallest absolute Gasteiger partial charge is 0.387 e. The molecule has 7 heteroatoms. The first-order valence-corrected chi connectivity index (χ1v) is 7.00. The minimum atomic E-state index is -2.87. The van der Waals surface area contributed by atoms with Gasteiger partial charge < -0.3 is 14.7 Å². The van der Waals surface area contributed by atoms with Crippen molar-refractivity contribution in [3.8, 4) is 5.75 Å². The summed E-state index contributed by atoms with van der Waals surface area (Å²) in [5.41, 5.74) is 0.807. The van der Waals surface area contributed by atoms with E-state index in [0.29, 0.717) is 6.42 Å².